The zero-order valence-electron chi connectivity index (χ0n) is 18.1. The summed E-state index contributed by atoms with van der Waals surface area (Å²) in [4.78, 5) is 29.6. The largest absolute Gasteiger partial charge is 0.441 e. The van der Waals surface area contributed by atoms with Crippen LogP contribution in [0.5, 0.6) is 0 Å². The molecule has 7 nitrogen and oxygen atoms in total. The van der Waals surface area contributed by atoms with Gasteiger partial charge in [0.05, 0.1) is 12.1 Å². The molecule has 1 atom stereocenters. The number of carbonyl (C=O) groups is 2. The molecule has 0 spiro atoms. The summed E-state index contributed by atoms with van der Waals surface area (Å²) in [7, 11) is 1.42. The van der Waals surface area contributed by atoms with E-state index in [2.05, 4.69) is 15.6 Å². The summed E-state index contributed by atoms with van der Waals surface area (Å²) in [6.07, 6.45) is -4.45. The van der Waals surface area contributed by atoms with Crippen LogP contribution in [0.15, 0.2) is 52.9 Å². The molecule has 2 aromatic carbocycles. The molecule has 4 rings (SSSR count). The smallest absolute Gasteiger partial charge is 0.416 e. The van der Waals surface area contributed by atoms with Crippen LogP contribution in [0.4, 0.5) is 23.7 Å². The molecule has 1 fully saturated rings. The third kappa shape index (κ3) is 4.15. The molecule has 10 heteroatoms. The summed E-state index contributed by atoms with van der Waals surface area (Å²) in [5.74, 6) is 0.258. The van der Waals surface area contributed by atoms with Gasteiger partial charge in [0.1, 0.15) is 17.0 Å². The van der Waals surface area contributed by atoms with Crippen molar-refractivity contribution < 1.29 is 27.2 Å². The lowest BCUT2D eigenvalue weighted by molar-refractivity contribution is -0.137. The average molecular weight is 458 g/mol. The number of halogens is 3. The van der Waals surface area contributed by atoms with Crippen LogP contribution in [0, 0.1) is 6.92 Å². The summed E-state index contributed by atoms with van der Waals surface area (Å²) in [5.41, 5.74) is 0.263. The molecule has 1 saturated heterocycles. The molecule has 2 heterocycles. The maximum Gasteiger partial charge on any atom is 0.416 e. The van der Waals surface area contributed by atoms with Crippen LogP contribution in [-0.2, 0) is 23.1 Å². The lowest BCUT2D eigenvalue weighted by Gasteiger charge is -2.22. The number of rotatable bonds is 5. The monoisotopic (exact) mass is 458 g/mol. The number of oxazole rings is 1. The Labute approximate surface area is 187 Å². The highest BCUT2D eigenvalue weighted by molar-refractivity contribution is 6.06. The standard InChI is InChI=1S/C23H21F3N4O3/c1-13-18(28-19(33-13)14-5-4-6-16(11-14)23(24,25)26)12-27-17-9-7-15(8-10-17)22(2)20(31)30(3)21(32)29-22/h4-11,27H,12H2,1-3H3,(H,29,32). The summed E-state index contributed by atoms with van der Waals surface area (Å²) in [6, 6.07) is 11.4. The number of nitrogens with one attached hydrogen (secondary N) is 2. The van der Waals surface area contributed by atoms with Gasteiger partial charge in [0.2, 0.25) is 5.89 Å². The van der Waals surface area contributed by atoms with Crippen LogP contribution in [0.2, 0.25) is 0 Å². The molecule has 0 radical (unpaired) electrons. The van der Waals surface area contributed by atoms with E-state index < -0.39 is 23.3 Å². The second-order valence-electron chi connectivity index (χ2n) is 7.95. The third-order valence-corrected chi connectivity index (χ3v) is 5.65. The van der Waals surface area contributed by atoms with Gasteiger partial charge in [-0.3, -0.25) is 9.69 Å². The number of aromatic nitrogens is 1. The molecule has 33 heavy (non-hydrogen) atoms. The van der Waals surface area contributed by atoms with Crippen molar-refractivity contribution in [3.05, 3.63) is 71.1 Å². The molecule has 1 aromatic heterocycles. The van der Waals surface area contributed by atoms with Gasteiger partial charge in [0.25, 0.3) is 5.91 Å². The zero-order chi connectivity index (χ0) is 24.0. The Balaban J connectivity index is 1.47. The normalized spacial score (nSPS) is 18.5. The molecule has 1 aliphatic heterocycles. The van der Waals surface area contributed by atoms with Gasteiger partial charge in [-0.2, -0.15) is 13.2 Å². The quantitative estimate of drug-likeness (QED) is 0.543. The van der Waals surface area contributed by atoms with E-state index >= 15 is 0 Å². The highest BCUT2D eigenvalue weighted by Gasteiger charge is 2.47. The molecule has 1 unspecified atom stereocenters. The van der Waals surface area contributed by atoms with Gasteiger partial charge >= 0.3 is 12.2 Å². The predicted molar refractivity (Wildman–Crippen MR) is 114 cm³/mol. The minimum atomic E-state index is -4.45. The molecule has 0 bridgehead atoms. The van der Waals surface area contributed by atoms with E-state index in [0.29, 0.717) is 17.0 Å². The van der Waals surface area contributed by atoms with Crippen LogP contribution in [0.25, 0.3) is 11.5 Å². The van der Waals surface area contributed by atoms with Crippen molar-refractivity contribution in [1.29, 1.82) is 0 Å². The van der Waals surface area contributed by atoms with E-state index in [0.717, 1.165) is 22.7 Å². The second kappa shape index (κ2) is 7.95. The molecule has 1 aliphatic rings. The Morgan fingerprint density at radius 3 is 2.45 bits per heavy atom. The Bertz CT molecular complexity index is 1220. The maximum atomic E-state index is 13.0. The Kier molecular flexibility index (Phi) is 5.39. The van der Waals surface area contributed by atoms with Crippen LogP contribution in [0.1, 0.15) is 29.5 Å². The van der Waals surface area contributed by atoms with Crippen LogP contribution in [-0.4, -0.2) is 28.9 Å². The van der Waals surface area contributed by atoms with Crippen molar-refractivity contribution in [2.24, 2.45) is 0 Å². The molecule has 0 saturated carbocycles. The lowest BCUT2D eigenvalue weighted by Crippen LogP contribution is -2.40. The Hall–Kier alpha value is -3.82. The van der Waals surface area contributed by atoms with E-state index in [-0.39, 0.29) is 23.9 Å². The number of amides is 3. The van der Waals surface area contributed by atoms with Gasteiger partial charge in [0, 0.05) is 18.3 Å². The molecule has 3 aromatic rings. The number of anilines is 1. The first-order chi connectivity index (χ1) is 15.5. The van der Waals surface area contributed by atoms with E-state index in [1.165, 1.54) is 19.2 Å². The first-order valence-corrected chi connectivity index (χ1v) is 10.1. The molecular formula is C23H21F3N4O3. The number of hydrogen-bond donors (Lipinski definition) is 2. The van der Waals surface area contributed by atoms with Crippen LogP contribution < -0.4 is 10.6 Å². The molecular weight excluding hydrogens is 437 g/mol. The minimum Gasteiger partial charge on any atom is -0.441 e. The molecule has 3 amide bonds. The second-order valence-corrected chi connectivity index (χ2v) is 7.95. The van der Waals surface area contributed by atoms with Gasteiger partial charge < -0.3 is 15.1 Å². The zero-order valence-corrected chi connectivity index (χ0v) is 18.1. The third-order valence-electron chi connectivity index (χ3n) is 5.65. The van der Waals surface area contributed by atoms with E-state index in [4.69, 9.17) is 4.42 Å². The fraction of sp³-hybridized carbons (Fsp3) is 0.261. The van der Waals surface area contributed by atoms with Gasteiger partial charge in [-0.1, -0.05) is 18.2 Å². The summed E-state index contributed by atoms with van der Waals surface area (Å²) in [6.45, 7) is 3.62. The van der Waals surface area contributed by atoms with Gasteiger partial charge in [-0.25, -0.2) is 9.78 Å². The van der Waals surface area contributed by atoms with Crippen LogP contribution >= 0.6 is 0 Å². The number of urea groups is 1. The minimum absolute atomic E-state index is 0.110. The average Bonchev–Trinajstić information content (AvgIpc) is 3.25. The highest BCUT2D eigenvalue weighted by Crippen LogP contribution is 2.33. The first-order valence-electron chi connectivity index (χ1n) is 10.1. The summed E-state index contributed by atoms with van der Waals surface area (Å²) < 4.78 is 44.5. The fourth-order valence-corrected chi connectivity index (χ4v) is 3.63. The molecule has 2 N–H and O–H groups in total. The fourth-order valence-electron chi connectivity index (χ4n) is 3.63. The number of aryl methyl sites for hydroxylation is 1. The molecule has 172 valence electrons. The number of imide groups is 1. The topological polar surface area (TPSA) is 87.5 Å². The van der Waals surface area contributed by atoms with Crippen molar-refractivity contribution in [1.82, 2.24) is 15.2 Å². The number of hydrogen-bond acceptors (Lipinski definition) is 5. The lowest BCUT2D eigenvalue weighted by atomic mass is 9.92. The van der Waals surface area contributed by atoms with Crippen molar-refractivity contribution in [2.45, 2.75) is 32.1 Å². The SMILES string of the molecule is Cc1oc(-c2cccc(C(F)(F)F)c2)nc1CNc1ccc(C2(C)NC(=O)N(C)C2=O)cc1. The number of alkyl halides is 3. The first kappa shape index (κ1) is 22.4. The van der Waals surface area contributed by atoms with Crippen molar-refractivity contribution in [3.63, 3.8) is 0 Å². The summed E-state index contributed by atoms with van der Waals surface area (Å²) in [5, 5.41) is 5.86. The molecule has 0 aliphatic carbocycles. The number of carbonyl (C=O) groups excluding carboxylic acids is 2. The van der Waals surface area contributed by atoms with Crippen molar-refractivity contribution >= 4 is 17.6 Å². The van der Waals surface area contributed by atoms with Crippen molar-refractivity contribution in [2.75, 3.05) is 12.4 Å². The van der Waals surface area contributed by atoms with Gasteiger partial charge in [-0.05, 0) is 49.7 Å². The van der Waals surface area contributed by atoms with Crippen LogP contribution in [0.3, 0.4) is 0 Å². The number of nitrogens with zero attached hydrogens (tertiary/aromatic N) is 2. The Morgan fingerprint density at radius 1 is 1.15 bits per heavy atom. The Morgan fingerprint density at radius 2 is 1.85 bits per heavy atom. The predicted octanol–water partition coefficient (Wildman–Crippen LogP) is 4.68. The van der Waals surface area contributed by atoms with E-state index in [1.807, 2.05) is 0 Å². The highest BCUT2D eigenvalue weighted by atomic mass is 19.4. The van der Waals surface area contributed by atoms with Gasteiger partial charge in [-0.15, -0.1) is 0 Å². The van der Waals surface area contributed by atoms with Gasteiger partial charge in [0.15, 0.2) is 0 Å². The number of likely N-dealkylation sites (N-methyl/N-ethyl adjacent to an activating group) is 1. The van der Waals surface area contributed by atoms with Crippen molar-refractivity contribution in [3.8, 4) is 11.5 Å². The summed E-state index contributed by atoms with van der Waals surface area (Å²) >= 11 is 0. The van der Waals surface area contributed by atoms with E-state index in [9.17, 15) is 22.8 Å². The maximum absolute atomic E-state index is 13.0. The number of benzene rings is 2. The van der Waals surface area contributed by atoms with E-state index in [1.54, 1.807) is 38.1 Å².